The first-order valence-electron chi connectivity index (χ1n) is 10.1. The maximum absolute atomic E-state index is 12.1. The highest BCUT2D eigenvalue weighted by molar-refractivity contribution is 6.32. The summed E-state index contributed by atoms with van der Waals surface area (Å²) < 4.78 is 26.3. The first kappa shape index (κ1) is 29.1. The van der Waals surface area contributed by atoms with Crippen LogP contribution in [0.4, 0.5) is 0 Å². The zero-order valence-corrected chi connectivity index (χ0v) is 20.2. The summed E-state index contributed by atoms with van der Waals surface area (Å²) in [5.74, 6) is -6.86. The fourth-order valence-corrected chi connectivity index (χ4v) is 3.75. The minimum absolute atomic E-state index is 0.615. The molecule has 13 nitrogen and oxygen atoms in total. The van der Waals surface area contributed by atoms with Gasteiger partial charge in [0.1, 0.15) is 18.8 Å². The highest BCUT2D eigenvalue weighted by atomic mass is 35.5. The molecule has 4 unspecified atom stereocenters. The third-order valence-corrected chi connectivity index (χ3v) is 5.41. The number of carbonyl (C=O) groups excluding carboxylic acids is 5. The second-order valence-corrected chi connectivity index (χ2v) is 8.21. The molecule has 1 amide bonds. The Balaban J connectivity index is 3.70. The van der Waals surface area contributed by atoms with Crippen molar-refractivity contribution in [3.05, 3.63) is 0 Å². The summed E-state index contributed by atoms with van der Waals surface area (Å²) in [4.78, 5) is 70.8. The molecule has 1 aliphatic rings. The van der Waals surface area contributed by atoms with Crippen LogP contribution in [0, 0.1) is 5.92 Å². The van der Waals surface area contributed by atoms with Crippen LogP contribution in [0.15, 0.2) is 0 Å². The maximum atomic E-state index is 12.1. The third kappa shape index (κ3) is 7.55. The lowest BCUT2D eigenvalue weighted by molar-refractivity contribution is -0.237. The summed E-state index contributed by atoms with van der Waals surface area (Å²) in [7, 11) is 0. The Labute approximate surface area is 200 Å². The lowest BCUT2D eigenvalue weighted by Gasteiger charge is -2.49. The Morgan fingerprint density at radius 2 is 1.53 bits per heavy atom. The molecule has 0 saturated carbocycles. The predicted molar refractivity (Wildman–Crippen MR) is 111 cm³/mol. The standard InChI is InChI=1S/C20H28ClNO12/c1-8-16(32-12(5)26)15(22-9(2)23)18(34-20(8,21)19(28)29)17(33-13(6)27)14(31-11(4)25)7-30-10(3)24/h8,14-18H,7H2,1-6H3,(H,22,23)(H,28,29)/t8?,14?,15-,16+,17?,18-,20?/m1/s1. The minimum Gasteiger partial charge on any atom is -0.478 e. The molecule has 0 aliphatic carbocycles. The molecular weight excluding hydrogens is 482 g/mol. The number of hydrogen-bond donors (Lipinski definition) is 2. The van der Waals surface area contributed by atoms with Gasteiger partial charge in [-0.3, -0.25) is 24.0 Å². The zero-order valence-electron chi connectivity index (χ0n) is 19.5. The van der Waals surface area contributed by atoms with Crippen LogP contribution in [0.2, 0.25) is 0 Å². The molecule has 0 bridgehead atoms. The van der Waals surface area contributed by atoms with Crippen molar-refractivity contribution in [1.82, 2.24) is 5.32 Å². The molecular formula is C20H28ClNO12. The molecule has 1 aliphatic heterocycles. The van der Waals surface area contributed by atoms with Gasteiger partial charge in [0.25, 0.3) is 0 Å². The van der Waals surface area contributed by atoms with Gasteiger partial charge in [0.2, 0.25) is 11.0 Å². The van der Waals surface area contributed by atoms with E-state index in [0.717, 1.165) is 34.6 Å². The van der Waals surface area contributed by atoms with E-state index in [1.165, 1.54) is 6.92 Å². The normalized spacial score (nSPS) is 28.0. The van der Waals surface area contributed by atoms with Crippen LogP contribution < -0.4 is 5.32 Å². The van der Waals surface area contributed by atoms with Crippen LogP contribution in [-0.4, -0.2) is 83.0 Å². The third-order valence-electron chi connectivity index (χ3n) is 4.82. The Morgan fingerprint density at radius 1 is 0.971 bits per heavy atom. The van der Waals surface area contributed by atoms with Gasteiger partial charge in [0.15, 0.2) is 12.2 Å². The van der Waals surface area contributed by atoms with Gasteiger partial charge < -0.3 is 34.1 Å². The molecule has 0 aromatic rings. The molecule has 1 saturated heterocycles. The van der Waals surface area contributed by atoms with Crippen molar-refractivity contribution in [2.75, 3.05) is 6.61 Å². The van der Waals surface area contributed by atoms with Crippen LogP contribution in [0.5, 0.6) is 0 Å². The van der Waals surface area contributed by atoms with Crippen LogP contribution >= 0.6 is 11.6 Å². The lowest BCUT2D eigenvalue weighted by atomic mass is 9.82. The number of halogens is 1. The number of carbonyl (C=O) groups is 6. The number of esters is 4. The van der Waals surface area contributed by atoms with Gasteiger partial charge in [-0.15, -0.1) is 0 Å². The Hall–Kier alpha value is -2.93. The van der Waals surface area contributed by atoms with Gasteiger partial charge in [-0.2, -0.15) is 0 Å². The average molecular weight is 510 g/mol. The van der Waals surface area contributed by atoms with Crippen LogP contribution in [0.1, 0.15) is 41.5 Å². The first-order valence-corrected chi connectivity index (χ1v) is 10.5. The number of rotatable bonds is 9. The average Bonchev–Trinajstić information content (AvgIpc) is 2.67. The Kier molecular flexibility index (Phi) is 10.2. The monoisotopic (exact) mass is 509 g/mol. The van der Waals surface area contributed by atoms with Crippen molar-refractivity contribution in [2.45, 2.75) is 77.1 Å². The molecule has 0 radical (unpaired) electrons. The SMILES string of the molecule is CC(=O)N[C@H]1[C@H](C(OC(C)=O)C(COC(C)=O)OC(C)=O)OC(Cl)(C(=O)O)C(C)[C@@H]1OC(C)=O. The van der Waals surface area contributed by atoms with Crippen molar-refractivity contribution >= 4 is 47.4 Å². The second kappa shape index (κ2) is 12.0. The van der Waals surface area contributed by atoms with E-state index in [2.05, 4.69) is 5.32 Å². The van der Waals surface area contributed by atoms with Crippen molar-refractivity contribution in [3.63, 3.8) is 0 Å². The number of ether oxygens (including phenoxy) is 5. The van der Waals surface area contributed by atoms with Crippen molar-refractivity contribution in [3.8, 4) is 0 Å². The van der Waals surface area contributed by atoms with E-state index < -0.39 is 83.8 Å². The number of carboxylic acids is 1. The molecule has 1 fully saturated rings. The van der Waals surface area contributed by atoms with Gasteiger partial charge >= 0.3 is 29.8 Å². The van der Waals surface area contributed by atoms with E-state index in [-0.39, 0.29) is 0 Å². The largest absolute Gasteiger partial charge is 0.478 e. The topological polar surface area (TPSA) is 181 Å². The summed E-state index contributed by atoms with van der Waals surface area (Å²) in [5.41, 5.74) is 0. The number of carboxylic acid groups (broad SMARTS) is 1. The summed E-state index contributed by atoms with van der Waals surface area (Å²) in [6.07, 6.45) is -6.17. The fraction of sp³-hybridized carbons (Fsp3) is 0.700. The van der Waals surface area contributed by atoms with Gasteiger partial charge in [-0.1, -0.05) is 18.5 Å². The molecule has 1 heterocycles. The summed E-state index contributed by atoms with van der Waals surface area (Å²) in [5, 5.41) is 9.76. The number of hydrogen-bond acceptors (Lipinski definition) is 11. The number of nitrogens with one attached hydrogen (secondary N) is 1. The fourth-order valence-electron chi connectivity index (χ4n) is 3.53. The molecule has 14 heteroatoms. The lowest BCUT2D eigenvalue weighted by Crippen LogP contribution is -2.70. The Bertz CT molecular complexity index is 832. The van der Waals surface area contributed by atoms with E-state index in [1.54, 1.807) is 0 Å². The molecule has 34 heavy (non-hydrogen) atoms. The van der Waals surface area contributed by atoms with Crippen LogP contribution in [-0.2, 0) is 52.5 Å². The molecule has 2 N–H and O–H groups in total. The molecule has 0 spiro atoms. The van der Waals surface area contributed by atoms with Gasteiger partial charge in [0, 0.05) is 40.5 Å². The molecule has 0 aromatic carbocycles. The van der Waals surface area contributed by atoms with Crippen molar-refractivity contribution < 1.29 is 57.6 Å². The second-order valence-electron chi connectivity index (χ2n) is 7.65. The van der Waals surface area contributed by atoms with Crippen molar-refractivity contribution in [2.24, 2.45) is 5.92 Å². The van der Waals surface area contributed by atoms with E-state index in [9.17, 15) is 33.9 Å². The zero-order chi connectivity index (χ0) is 26.4. The molecule has 192 valence electrons. The predicted octanol–water partition coefficient (Wildman–Crippen LogP) is -0.0961. The molecule has 1 rings (SSSR count). The van der Waals surface area contributed by atoms with E-state index >= 15 is 0 Å². The quantitative estimate of drug-likeness (QED) is 0.239. The van der Waals surface area contributed by atoms with E-state index in [0.29, 0.717) is 0 Å². The van der Waals surface area contributed by atoms with Gasteiger partial charge in [0.05, 0.1) is 6.04 Å². The molecule has 7 atom stereocenters. The van der Waals surface area contributed by atoms with Crippen molar-refractivity contribution in [1.29, 1.82) is 0 Å². The number of aliphatic carboxylic acids is 1. The van der Waals surface area contributed by atoms with Gasteiger partial charge in [-0.05, 0) is 0 Å². The highest BCUT2D eigenvalue weighted by Gasteiger charge is 2.61. The number of alkyl halides is 1. The maximum Gasteiger partial charge on any atom is 0.352 e. The number of amides is 1. The first-order chi connectivity index (χ1) is 15.6. The highest BCUT2D eigenvalue weighted by Crippen LogP contribution is 2.42. The summed E-state index contributed by atoms with van der Waals surface area (Å²) in [6.45, 7) is 6.02. The van der Waals surface area contributed by atoms with E-state index in [4.69, 9.17) is 35.3 Å². The summed E-state index contributed by atoms with van der Waals surface area (Å²) in [6, 6.07) is -1.32. The van der Waals surface area contributed by atoms with Crippen LogP contribution in [0.3, 0.4) is 0 Å². The molecule has 0 aromatic heterocycles. The van der Waals surface area contributed by atoms with Gasteiger partial charge in [-0.25, -0.2) is 4.79 Å². The van der Waals surface area contributed by atoms with Crippen LogP contribution in [0.25, 0.3) is 0 Å². The van der Waals surface area contributed by atoms with E-state index in [1.807, 2.05) is 0 Å². The summed E-state index contributed by atoms with van der Waals surface area (Å²) >= 11 is 6.29. The minimum atomic E-state index is -2.51. The Morgan fingerprint density at radius 3 is 1.94 bits per heavy atom. The smallest absolute Gasteiger partial charge is 0.352 e.